The van der Waals surface area contributed by atoms with E-state index in [2.05, 4.69) is 12.1 Å². The van der Waals surface area contributed by atoms with Crippen LogP contribution in [0, 0.1) is 19.1 Å². The van der Waals surface area contributed by atoms with Crippen LogP contribution in [0.15, 0.2) is 12.1 Å². The molecule has 1 rings (SSSR count). The van der Waals surface area contributed by atoms with Gasteiger partial charge in [0.15, 0.2) is 0 Å². The van der Waals surface area contributed by atoms with Crippen molar-refractivity contribution in [1.29, 1.82) is 0 Å². The predicted molar refractivity (Wildman–Crippen MR) is 43.2 cm³/mol. The number of anilines is 1. The monoisotopic (exact) mass is 133 g/mol. The first-order chi connectivity index (χ1) is 4.70. The first-order valence-corrected chi connectivity index (χ1v) is 3.28. The molecule has 0 aliphatic carbocycles. The van der Waals surface area contributed by atoms with Crippen molar-refractivity contribution in [2.75, 3.05) is 19.0 Å². The molecule has 0 aromatic heterocycles. The van der Waals surface area contributed by atoms with Crippen molar-refractivity contribution in [1.82, 2.24) is 0 Å². The average molecular weight is 133 g/mol. The van der Waals surface area contributed by atoms with E-state index in [1.54, 1.807) is 0 Å². The number of rotatable bonds is 1. The Bertz CT molecular complexity index is 198. The molecule has 10 heavy (non-hydrogen) atoms. The van der Waals surface area contributed by atoms with E-state index >= 15 is 0 Å². The van der Waals surface area contributed by atoms with Crippen LogP contribution in [-0.2, 0) is 0 Å². The lowest BCUT2D eigenvalue weighted by molar-refractivity contribution is 1.13. The van der Waals surface area contributed by atoms with E-state index in [-0.39, 0.29) is 0 Å². The highest BCUT2D eigenvalue weighted by Gasteiger charge is 1.89. The van der Waals surface area contributed by atoms with Gasteiger partial charge < -0.3 is 4.90 Å². The molecule has 0 heterocycles. The molecular formula is C9H11N. The molecular weight excluding hydrogens is 122 g/mol. The minimum absolute atomic E-state index is 1.07. The Morgan fingerprint density at radius 1 is 1.20 bits per heavy atom. The van der Waals surface area contributed by atoms with Crippen molar-refractivity contribution < 1.29 is 0 Å². The lowest BCUT2D eigenvalue weighted by Crippen LogP contribution is -2.07. The number of nitrogens with zero attached hydrogens (tertiary/aromatic N) is 1. The standard InChI is InChI=1S/C9H11N/c1-8-4-6-9(7-5-8)10(2)3/h4,6H,1-3H3. The molecule has 0 bridgehead atoms. The number of hydrogen-bond donors (Lipinski definition) is 0. The van der Waals surface area contributed by atoms with Crippen LogP contribution in [0.1, 0.15) is 5.56 Å². The van der Waals surface area contributed by atoms with Gasteiger partial charge in [-0.2, -0.15) is 0 Å². The summed E-state index contributed by atoms with van der Waals surface area (Å²) < 4.78 is 0. The Labute approximate surface area is 62.3 Å². The van der Waals surface area contributed by atoms with Gasteiger partial charge in [0.1, 0.15) is 0 Å². The molecule has 0 unspecified atom stereocenters. The molecule has 0 N–H and O–H groups in total. The Kier molecular flexibility index (Phi) is 1.82. The van der Waals surface area contributed by atoms with Crippen LogP contribution >= 0.6 is 0 Å². The highest BCUT2D eigenvalue weighted by molar-refractivity contribution is 5.41. The molecule has 1 nitrogen and oxygen atoms in total. The summed E-state index contributed by atoms with van der Waals surface area (Å²) in [5.74, 6) is 0. The zero-order valence-corrected chi connectivity index (χ0v) is 6.60. The maximum Gasteiger partial charge on any atom is 0.0878 e. The van der Waals surface area contributed by atoms with Crippen molar-refractivity contribution >= 4 is 5.69 Å². The zero-order valence-electron chi connectivity index (χ0n) is 6.60. The fraction of sp³-hybridized carbons (Fsp3) is 0.333. The third kappa shape index (κ3) is 1.41. The van der Waals surface area contributed by atoms with Crippen LogP contribution in [0.3, 0.4) is 0 Å². The van der Waals surface area contributed by atoms with Gasteiger partial charge in [-0.05, 0) is 30.7 Å². The van der Waals surface area contributed by atoms with Gasteiger partial charge in [-0.25, -0.2) is 0 Å². The van der Waals surface area contributed by atoms with Crippen LogP contribution in [0.2, 0.25) is 0 Å². The molecule has 0 saturated heterocycles. The molecule has 0 amide bonds. The van der Waals surface area contributed by atoms with Gasteiger partial charge in [-0.1, -0.05) is 6.07 Å². The fourth-order valence-corrected chi connectivity index (χ4v) is 0.711. The van der Waals surface area contributed by atoms with E-state index in [0.717, 1.165) is 11.3 Å². The third-order valence-corrected chi connectivity index (χ3v) is 1.36. The van der Waals surface area contributed by atoms with E-state index in [9.17, 15) is 0 Å². The Balaban J connectivity index is 2.89. The van der Waals surface area contributed by atoms with E-state index in [1.165, 1.54) is 0 Å². The summed E-state index contributed by atoms with van der Waals surface area (Å²) >= 11 is 0. The lowest BCUT2D eigenvalue weighted by atomic mass is 10.3. The van der Waals surface area contributed by atoms with Crippen LogP contribution in [0.4, 0.5) is 5.69 Å². The van der Waals surface area contributed by atoms with Gasteiger partial charge in [-0.3, -0.25) is 0 Å². The van der Waals surface area contributed by atoms with Gasteiger partial charge in [0.25, 0.3) is 0 Å². The minimum Gasteiger partial charge on any atom is -0.371 e. The van der Waals surface area contributed by atoms with Crippen molar-refractivity contribution in [3.63, 3.8) is 0 Å². The van der Waals surface area contributed by atoms with Crippen molar-refractivity contribution in [3.8, 4) is 0 Å². The van der Waals surface area contributed by atoms with Crippen molar-refractivity contribution in [2.24, 2.45) is 0 Å². The molecule has 0 aliphatic rings. The van der Waals surface area contributed by atoms with E-state index in [4.69, 9.17) is 0 Å². The summed E-state index contributed by atoms with van der Waals surface area (Å²) in [6.45, 7) is 2.01. The maximum atomic E-state index is 3.04. The second kappa shape index (κ2) is 2.62. The fourth-order valence-electron chi connectivity index (χ4n) is 0.711. The topological polar surface area (TPSA) is 3.24 Å². The highest BCUT2D eigenvalue weighted by Crippen LogP contribution is 2.05. The van der Waals surface area contributed by atoms with E-state index in [0.29, 0.717) is 0 Å². The largest absolute Gasteiger partial charge is 0.371 e. The molecule has 0 radical (unpaired) electrons. The molecule has 1 aromatic carbocycles. The van der Waals surface area contributed by atoms with E-state index < -0.39 is 0 Å². The molecule has 1 heteroatoms. The molecule has 0 atom stereocenters. The summed E-state index contributed by atoms with van der Waals surface area (Å²) in [6, 6.07) is 10.1. The Morgan fingerprint density at radius 2 is 1.90 bits per heavy atom. The normalized spacial score (nSPS) is 8.70. The lowest BCUT2D eigenvalue weighted by Gasteiger charge is -2.08. The van der Waals surface area contributed by atoms with Crippen LogP contribution < -0.4 is 4.90 Å². The highest BCUT2D eigenvalue weighted by atomic mass is 15.1. The second-order valence-corrected chi connectivity index (χ2v) is 2.55. The molecule has 0 spiro atoms. The van der Waals surface area contributed by atoms with Crippen LogP contribution in [0.25, 0.3) is 0 Å². The van der Waals surface area contributed by atoms with Crippen LogP contribution in [-0.4, -0.2) is 14.1 Å². The summed E-state index contributed by atoms with van der Waals surface area (Å²) in [7, 11) is 3.99. The van der Waals surface area contributed by atoms with Gasteiger partial charge in [0.2, 0.25) is 0 Å². The van der Waals surface area contributed by atoms with Crippen LogP contribution in [0.5, 0.6) is 0 Å². The molecule has 1 aromatic rings. The summed E-state index contributed by atoms with van der Waals surface area (Å²) in [6.07, 6.45) is 0. The quantitative estimate of drug-likeness (QED) is 0.563. The molecule has 0 saturated carbocycles. The van der Waals surface area contributed by atoms with E-state index in [1.807, 2.05) is 38.1 Å². The van der Waals surface area contributed by atoms with Gasteiger partial charge >= 0.3 is 0 Å². The Hall–Kier alpha value is -1.16. The van der Waals surface area contributed by atoms with Gasteiger partial charge in [-0.15, -0.1) is 0 Å². The minimum atomic E-state index is 1.07. The average Bonchev–Trinajstić information content (AvgIpc) is 1.88. The smallest absolute Gasteiger partial charge is 0.0878 e. The molecule has 52 valence electrons. The SMILES string of the molecule is Cc1c#cc(N(C)C)cc1. The number of aryl methyl sites for hydroxylation is 1. The maximum absolute atomic E-state index is 3.04. The molecule has 0 fully saturated rings. The predicted octanol–water partition coefficient (Wildman–Crippen LogP) is 1.66. The Morgan fingerprint density at radius 3 is 2.30 bits per heavy atom. The third-order valence-electron chi connectivity index (χ3n) is 1.36. The summed E-state index contributed by atoms with van der Waals surface area (Å²) in [4.78, 5) is 2.01. The van der Waals surface area contributed by atoms with Gasteiger partial charge in [0, 0.05) is 14.1 Å². The summed E-state index contributed by atoms with van der Waals surface area (Å²) in [5.41, 5.74) is 2.20. The number of hydrogen-bond acceptors (Lipinski definition) is 1. The first-order valence-electron chi connectivity index (χ1n) is 3.28. The molecule has 0 aliphatic heterocycles. The summed E-state index contributed by atoms with van der Waals surface area (Å²) in [5, 5.41) is 0. The van der Waals surface area contributed by atoms with Crippen molar-refractivity contribution in [3.05, 3.63) is 29.8 Å². The zero-order chi connectivity index (χ0) is 7.56. The van der Waals surface area contributed by atoms with Gasteiger partial charge in [0.05, 0.1) is 5.69 Å². The van der Waals surface area contributed by atoms with Crippen molar-refractivity contribution in [2.45, 2.75) is 6.92 Å². The first kappa shape index (κ1) is 6.95. The second-order valence-electron chi connectivity index (χ2n) is 2.55.